The van der Waals surface area contributed by atoms with Gasteiger partial charge in [-0.1, -0.05) is 18.2 Å². The Bertz CT molecular complexity index is 476. The Kier molecular flexibility index (Phi) is 3.27. The molecule has 1 aromatic carbocycles. The summed E-state index contributed by atoms with van der Waals surface area (Å²) in [6.45, 7) is -0.162. The second kappa shape index (κ2) is 4.68. The van der Waals surface area contributed by atoms with Gasteiger partial charge in [0, 0.05) is 24.1 Å². The third-order valence-corrected chi connectivity index (χ3v) is 2.94. The van der Waals surface area contributed by atoms with Crippen molar-refractivity contribution in [3.8, 4) is 0 Å². The summed E-state index contributed by atoms with van der Waals surface area (Å²) < 4.78 is 2.09. The molecule has 3 heteroatoms. The van der Waals surface area contributed by atoms with E-state index in [1.54, 1.807) is 0 Å². The first-order valence-corrected chi connectivity index (χ1v) is 5.54. The smallest absolute Gasteiger partial charge is 0.0774 e. The molecule has 0 saturated heterocycles. The van der Waals surface area contributed by atoms with Crippen molar-refractivity contribution in [1.29, 1.82) is 0 Å². The molecule has 1 atom stereocenters. The fraction of sp³-hybridized carbons (Fsp3) is 0.385. The molecule has 0 unspecified atom stereocenters. The molecule has 0 saturated carbocycles. The number of rotatable bonds is 4. The fourth-order valence-electron chi connectivity index (χ4n) is 2.04. The summed E-state index contributed by atoms with van der Waals surface area (Å²) in [5, 5.41) is 19.3. The number of benzene rings is 1. The molecule has 2 N–H and O–H groups in total. The van der Waals surface area contributed by atoms with Gasteiger partial charge < -0.3 is 14.8 Å². The Balaban J connectivity index is 2.24. The first-order chi connectivity index (χ1) is 7.72. The van der Waals surface area contributed by atoms with Gasteiger partial charge in [-0.15, -0.1) is 0 Å². The highest BCUT2D eigenvalue weighted by molar-refractivity contribution is 5.83. The molecule has 3 nitrogen and oxygen atoms in total. The standard InChI is InChI=1S/C13H17NO2/c1-14-8-10(6-7-11(16)9-15)12-4-2-3-5-13(12)14/h2-5,8,11,15-16H,6-7,9H2,1H3/t11-/m0/s1. The van der Waals surface area contributed by atoms with E-state index in [9.17, 15) is 5.11 Å². The Morgan fingerprint density at radius 1 is 1.31 bits per heavy atom. The predicted molar refractivity (Wildman–Crippen MR) is 64.3 cm³/mol. The van der Waals surface area contributed by atoms with Crippen LogP contribution in [0.2, 0.25) is 0 Å². The average molecular weight is 219 g/mol. The van der Waals surface area contributed by atoms with E-state index in [0.717, 1.165) is 6.42 Å². The molecule has 0 radical (unpaired) electrons. The lowest BCUT2D eigenvalue weighted by Gasteiger charge is -2.05. The highest BCUT2D eigenvalue weighted by Gasteiger charge is 2.08. The van der Waals surface area contributed by atoms with E-state index in [1.165, 1.54) is 16.5 Å². The van der Waals surface area contributed by atoms with E-state index in [1.807, 2.05) is 19.2 Å². The molecule has 0 aliphatic heterocycles. The number of hydrogen-bond acceptors (Lipinski definition) is 2. The van der Waals surface area contributed by atoms with Crippen LogP contribution in [0, 0.1) is 0 Å². The van der Waals surface area contributed by atoms with Crippen molar-refractivity contribution in [2.45, 2.75) is 18.9 Å². The maximum atomic E-state index is 9.34. The van der Waals surface area contributed by atoms with Crippen LogP contribution in [0.1, 0.15) is 12.0 Å². The number of fused-ring (bicyclic) bond motifs is 1. The van der Waals surface area contributed by atoms with Crippen LogP contribution in [-0.2, 0) is 13.5 Å². The lowest BCUT2D eigenvalue weighted by atomic mass is 10.1. The van der Waals surface area contributed by atoms with Crippen LogP contribution in [0.4, 0.5) is 0 Å². The zero-order valence-corrected chi connectivity index (χ0v) is 9.43. The molecular weight excluding hydrogens is 202 g/mol. The van der Waals surface area contributed by atoms with Crippen LogP contribution in [0.3, 0.4) is 0 Å². The van der Waals surface area contributed by atoms with Gasteiger partial charge in [-0.2, -0.15) is 0 Å². The van der Waals surface area contributed by atoms with Crippen molar-refractivity contribution in [3.63, 3.8) is 0 Å². The number of aliphatic hydroxyl groups is 2. The summed E-state index contributed by atoms with van der Waals surface area (Å²) in [6, 6.07) is 8.22. The zero-order valence-electron chi connectivity index (χ0n) is 9.43. The molecule has 2 aromatic rings. The van der Waals surface area contributed by atoms with Gasteiger partial charge in [0.25, 0.3) is 0 Å². The average Bonchev–Trinajstić information content (AvgIpc) is 2.64. The molecule has 0 fully saturated rings. The summed E-state index contributed by atoms with van der Waals surface area (Å²) in [5.74, 6) is 0. The van der Waals surface area contributed by atoms with E-state index in [2.05, 4.69) is 22.9 Å². The summed E-state index contributed by atoms with van der Waals surface area (Å²) in [6.07, 6.45) is 2.88. The molecule has 1 aromatic heterocycles. The molecular formula is C13H17NO2. The molecule has 0 bridgehead atoms. The van der Waals surface area contributed by atoms with Gasteiger partial charge in [-0.3, -0.25) is 0 Å². The first-order valence-electron chi connectivity index (χ1n) is 5.54. The molecule has 1 heterocycles. The lowest BCUT2D eigenvalue weighted by Crippen LogP contribution is -2.12. The van der Waals surface area contributed by atoms with Gasteiger partial charge in [-0.05, 0) is 24.5 Å². The Hall–Kier alpha value is -1.32. The monoisotopic (exact) mass is 219 g/mol. The topological polar surface area (TPSA) is 45.4 Å². The van der Waals surface area contributed by atoms with E-state index >= 15 is 0 Å². The van der Waals surface area contributed by atoms with Crippen molar-refractivity contribution in [2.75, 3.05) is 6.61 Å². The summed E-state index contributed by atoms with van der Waals surface area (Å²) in [4.78, 5) is 0. The number of nitrogens with zero attached hydrogens (tertiary/aromatic N) is 1. The van der Waals surface area contributed by atoms with E-state index < -0.39 is 6.10 Å². The van der Waals surface area contributed by atoms with Crippen LogP contribution in [0.25, 0.3) is 10.9 Å². The summed E-state index contributed by atoms with van der Waals surface area (Å²) in [5.41, 5.74) is 2.43. The van der Waals surface area contributed by atoms with Gasteiger partial charge in [0.1, 0.15) is 0 Å². The largest absolute Gasteiger partial charge is 0.394 e. The first kappa shape index (κ1) is 11.2. The van der Waals surface area contributed by atoms with Gasteiger partial charge in [0.05, 0.1) is 12.7 Å². The van der Waals surface area contributed by atoms with Crippen molar-refractivity contribution in [2.24, 2.45) is 7.05 Å². The third-order valence-electron chi connectivity index (χ3n) is 2.94. The molecule has 0 aliphatic carbocycles. The predicted octanol–water partition coefficient (Wildman–Crippen LogP) is 1.46. The Labute approximate surface area is 94.9 Å². The van der Waals surface area contributed by atoms with Crippen molar-refractivity contribution in [1.82, 2.24) is 4.57 Å². The number of aliphatic hydroxyl groups excluding tert-OH is 2. The normalized spacial score (nSPS) is 13.2. The second-order valence-corrected chi connectivity index (χ2v) is 4.16. The third kappa shape index (κ3) is 2.10. The molecule has 0 amide bonds. The second-order valence-electron chi connectivity index (χ2n) is 4.16. The number of aromatic nitrogens is 1. The van der Waals surface area contributed by atoms with Crippen molar-refractivity contribution >= 4 is 10.9 Å². The minimum atomic E-state index is -0.612. The minimum Gasteiger partial charge on any atom is -0.394 e. The van der Waals surface area contributed by atoms with E-state index in [4.69, 9.17) is 5.11 Å². The number of aryl methyl sites for hydroxylation is 2. The zero-order chi connectivity index (χ0) is 11.5. The molecule has 0 spiro atoms. The van der Waals surface area contributed by atoms with Crippen molar-refractivity contribution < 1.29 is 10.2 Å². The number of hydrogen-bond donors (Lipinski definition) is 2. The molecule has 16 heavy (non-hydrogen) atoms. The summed E-state index contributed by atoms with van der Waals surface area (Å²) in [7, 11) is 2.02. The van der Waals surface area contributed by atoms with Crippen LogP contribution in [0.15, 0.2) is 30.5 Å². The van der Waals surface area contributed by atoms with Gasteiger partial charge in [0.2, 0.25) is 0 Å². The molecule has 86 valence electrons. The fourth-order valence-corrected chi connectivity index (χ4v) is 2.04. The quantitative estimate of drug-likeness (QED) is 0.817. The maximum Gasteiger partial charge on any atom is 0.0774 e. The SMILES string of the molecule is Cn1cc(CC[C@H](O)CO)c2ccccc21. The van der Waals surface area contributed by atoms with E-state index in [-0.39, 0.29) is 6.61 Å². The van der Waals surface area contributed by atoms with Crippen molar-refractivity contribution in [3.05, 3.63) is 36.0 Å². The van der Waals surface area contributed by atoms with Crippen LogP contribution < -0.4 is 0 Å². The van der Waals surface area contributed by atoms with E-state index in [0.29, 0.717) is 6.42 Å². The Morgan fingerprint density at radius 2 is 2.06 bits per heavy atom. The van der Waals surface area contributed by atoms with Gasteiger partial charge in [0.15, 0.2) is 0 Å². The van der Waals surface area contributed by atoms with Crippen LogP contribution in [-0.4, -0.2) is 27.5 Å². The van der Waals surface area contributed by atoms with Gasteiger partial charge in [-0.25, -0.2) is 0 Å². The van der Waals surface area contributed by atoms with Crippen LogP contribution in [0.5, 0.6) is 0 Å². The van der Waals surface area contributed by atoms with Gasteiger partial charge >= 0.3 is 0 Å². The Morgan fingerprint density at radius 3 is 2.81 bits per heavy atom. The molecule has 0 aliphatic rings. The highest BCUT2D eigenvalue weighted by Crippen LogP contribution is 2.21. The van der Waals surface area contributed by atoms with Crippen LogP contribution >= 0.6 is 0 Å². The number of para-hydroxylation sites is 1. The minimum absolute atomic E-state index is 0.162. The lowest BCUT2D eigenvalue weighted by molar-refractivity contribution is 0.0886. The molecule has 2 rings (SSSR count). The highest BCUT2D eigenvalue weighted by atomic mass is 16.3. The maximum absolute atomic E-state index is 9.34. The summed E-state index contributed by atoms with van der Waals surface area (Å²) >= 11 is 0.